The van der Waals surface area contributed by atoms with E-state index in [1.54, 1.807) is 0 Å². The molecule has 0 bridgehead atoms. The van der Waals surface area contributed by atoms with Crippen molar-refractivity contribution in [2.45, 2.75) is 83.3 Å². The highest BCUT2D eigenvalue weighted by Crippen LogP contribution is 2.27. The minimum atomic E-state index is -4.47. The van der Waals surface area contributed by atoms with Crippen LogP contribution in [-0.4, -0.2) is 42.4 Å². The highest BCUT2D eigenvalue weighted by molar-refractivity contribution is 7.89. The Balaban J connectivity index is 3.12. The molecule has 0 saturated heterocycles. The van der Waals surface area contributed by atoms with E-state index >= 15 is 0 Å². The second kappa shape index (κ2) is 12.9. The number of ketones is 1. The van der Waals surface area contributed by atoms with E-state index in [1.807, 2.05) is 6.92 Å². The number of carbonyl (C=O) groups is 2. The monoisotopic (exact) mass is 460 g/mol. The Kier molecular flexibility index (Phi) is 11.4. The van der Waals surface area contributed by atoms with Crippen molar-refractivity contribution in [2.24, 2.45) is 0 Å². The van der Waals surface area contributed by atoms with E-state index < -0.39 is 22.3 Å². The van der Waals surface area contributed by atoms with Crippen molar-refractivity contribution in [3.8, 4) is 0 Å². The fraction of sp³-hybridized carbons (Fsp3) is 0.619. The molecule has 7 nitrogen and oxygen atoms in total. The van der Waals surface area contributed by atoms with Crippen molar-refractivity contribution >= 4 is 33.4 Å². The molecule has 170 valence electrons. The molecule has 0 aliphatic carbocycles. The molecule has 1 atom stereocenters. The number of rotatable bonds is 13. The topological polar surface area (TPSA) is 104 Å². The van der Waals surface area contributed by atoms with Gasteiger partial charge in [-0.25, -0.2) is 13.2 Å². The van der Waals surface area contributed by atoms with Gasteiger partial charge in [0.25, 0.3) is 10.0 Å². The molecule has 0 heterocycles. The van der Waals surface area contributed by atoms with Gasteiger partial charge in [0.1, 0.15) is 6.23 Å². The lowest BCUT2D eigenvalue weighted by Gasteiger charge is -2.26. The highest BCUT2D eigenvalue weighted by Gasteiger charge is 2.35. The van der Waals surface area contributed by atoms with Gasteiger partial charge in [-0.3, -0.25) is 4.79 Å². The number of unbranched alkanes of at least 4 members (excludes halogenated alkanes) is 5. The number of halogens is 1. The Morgan fingerprint density at radius 2 is 1.73 bits per heavy atom. The van der Waals surface area contributed by atoms with Crippen molar-refractivity contribution in [1.82, 2.24) is 9.62 Å². The minimum Gasteiger partial charge on any atom is -0.373 e. The smallest absolute Gasteiger partial charge is 0.333 e. The summed E-state index contributed by atoms with van der Waals surface area (Å²) in [6.07, 6.45) is 5.12. The molecule has 0 aromatic heterocycles. The lowest BCUT2D eigenvalue weighted by molar-refractivity contribution is 0.0939. The second-order valence-corrected chi connectivity index (χ2v) is 9.47. The molecule has 2 amide bonds. The summed E-state index contributed by atoms with van der Waals surface area (Å²) in [7, 11) is -4.47. The quantitative estimate of drug-likeness (QED) is 0.252. The molecule has 0 radical (unpaired) electrons. The standard InChI is InChI=1S/C21H33ClN2O5S/c1-4-6-7-8-9-10-11-19(26)18-15-17(22)12-13-20(18)30(28,29)24(16(3)25)21(27)23-14-5-2/h12-13,15-16,25H,4-11,14H2,1-3H3,(H,23,27). The van der Waals surface area contributed by atoms with E-state index in [1.165, 1.54) is 25.1 Å². The number of benzene rings is 1. The molecule has 2 N–H and O–H groups in total. The molecule has 0 saturated carbocycles. The van der Waals surface area contributed by atoms with Gasteiger partial charge in [0.2, 0.25) is 0 Å². The van der Waals surface area contributed by atoms with Gasteiger partial charge in [-0.2, -0.15) is 4.31 Å². The third-order valence-corrected chi connectivity index (χ3v) is 6.74. The maximum atomic E-state index is 13.2. The molecular formula is C21H33ClN2O5S. The fourth-order valence-electron chi connectivity index (χ4n) is 3.04. The molecule has 1 unspecified atom stereocenters. The number of sulfonamides is 1. The average molecular weight is 461 g/mol. The lowest BCUT2D eigenvalue weighted by Crippen LogP contribution is -2.48. The first kappa shape index (κ1) is 26.4. The minimum absolute atomic E-state index is 0.0648. The van der Waals surface area contributed by atoms with E-state index in [4.69, 9.17) is 11.6 Å². The van der Waals surface area contributed by atoms with Crippen molar-refractivity contribution in [3.63, 3.8) is 0 Å². The molecule has 0 spiro atoms. The van der Waals surface area contributed by atoms with Crippen LogP contribution in [0.2, 0.25) is 5.02 Å². The fourth-order valence-corrected chi connectivity index (χ4v) is 4.80. The molecule has 0 aliphatic rings. The van der Waals surface area contributed by atoms with E-state index in [2.05, 4.69) is 12.2 Å². The largest absolute Gasteiger partial charge is 0.373 e. The summed E-state index contributed by atoms with van der Waals surface area (Å²) in [5.41, 5.74) is -0.0648. The van der Waals surface area contributed by atoms with Gasteiger partial charge in [0, 0.05) is 23.6 Å². The van der Waals surface area contributed by atoms with Gasteiger partial charge < -0.3 is 10.4 Å². The van der Waals surface area contributed by atoms with Crippen LogP contribution >= 0.6 is 11.6 Å². The van der Waals surface area contributed by atoms with Gasteiger partial charge in [0.05, 0.1) is 4.90 Å². The molecule has 0 aliphatic heterocycles. The van der Waals surface area contributed by atoms with Crippen molar-refractivity contribution in [1.29, 1.82) is 0 Å². The maximum Gasteiger partial charge on any atom is 0.333 e. The molecule has 9 heteroatoms. The summed E-state index contributed by atoms with van der Waals surface area (Å²) in [6, 6.07) is 2.91. The van der Waals surface area contributed by atoms with Gasteiger partial charge in [0.15, 0.2) is 5.78 Å². The summed E-state index contributed by atoms with van der Waals surface area (Å²) < 4.78 is 26.7. The molecule has 1 aromatic rings. The third-order valence-electron chi connectivity index (χ3n) is 4.60. The number of urea groups is 1. The summed E-state index contributed by atoms with van der Waals surface area (Å²) >= 11 is 6.01. The Labute approximate surface area is 184 Å². The molecule has 0 fully saturated rings. The number of amides is 2. The zero-order valence-electron chi connectivity index (χ0n) is 18.0. The van der Waals surface area contributed by atoms with Gasteiger partial charge in [-0.05, 0) is 38.0 Å². The van der Waals surface area contributed by atoms with Crippen LogP contribution in [0.25, 0.3) is 0 Å². The van der Waals surface area contributed by atoms with Crippen LogP contribution in [0.4, 0.5) is 4.79 Å². The zero-order chi connectivity index (χ0) is 22.7. The summed E-state index contributed by atoms with van der Waals surface area (Å²) in [4.78, 5) is 24.8. The van der Waals surface area contributed by atoms with Crippen LogP contribution in [0.3, 0.4) is 0 Å². The Morgan fingerprint density at radius 1 is 1.10 bits per heavy atom. The predicted molar refractivity (Wildman–Crippen MR) is 118 cm³/mol. The summed E-state index contributed by atoms with van der Waals surface area (Å²) in [6.45, 7) is 5.38. The van der Waals surface area contributed by atoms with Crippen LogP contribution in [0.15, 0.2) is 23.1 Å². The zero-order valence-corrected chi connectivity index (χ0v) is 19.6. The maximum absolute atomic E-state index is 13.2. The highest BCUT2D eigenvalue weighted by atomic mass is 35.5. The molecular weight excluding hydrogens is 428 g/mol. The average Bonchev–Trinajstić information content (AvgIpc) is 2.68. The SMILES string of the molecule is CCCCCCCCC(=O)c1cc(Cl)ccc1S(=O)(=O)N(C(=O)NCCC)C(C)O. The second-order valence-electron chi connectivity index (χ2n) is 7.25. The Bertz CT molecular complexity index is 812. The van der Waals surface area contributed by atoms with E-state index in [-0.39, 0.29) is 34.2 Å². The molecule has 1 aromatic carbocycles. The summed E-state index contributed by atoms with van der Waals surface area (Å²) in [5, 5.41) is 12.6. The van der Waals surface area contributed by atoms with Crippen LogP contribution in [0, 0.1) is 0 Å². The normalized spacial score (nSPS) is 12.4. The van der Waals surface area contributed by atoms with Crippen molar-refractivity contribution in [2.75, 3.05) is 6.54 Å². The number of Topliss-reactive ketones (excluding diaryl/α,β-unsaturated/α-hetero) is 1. The van der Waals surface area contributed by atoms with E-state index in [9.17, 15) is 23.1 Å². The van der Waals surface area contributed by atoms with Gasteiger partial charge >= 0.3 is 6.03 Å². The summed E-state index contributed by atoms with van der Waals surface area (Å²) in [5.74, 6) is -0.355. The van der Waals surface area contributed by atoms with E-state index in [0.29, 0.717) is 17.1 Å². The van der Waals surface area contributed by atoms with E-state index in [0.717, 1.165) is 32.1 Å². The first-order valence-corrected chi connectivity index (χ1v) is 12.3. The number of hydrogen-bond donors (Lipinski definition) is 2. The predicted octanol–water partition coefficient (Wildman–Crippen LogP) is 4.72. The molecule has 30 heavy (non-hydrogen) atoms. The van der Waals surface area contributed by atoms with Crippen molar-refractivity contribution in [3.05, 3.63) is 28.8 Å². The molecule has 1 rings (SSSR count). The number of nitrogens with zero attached hydrogens (tertiary/aromatic N) is 1. The number of aliphatic hydroxyl groups is 1. The number of aliphatic hydroxyl groups excluding tert-OH is 1. The number of hydrogen-bond acceptors (Lipinski definition) is 5. The first-order valence-electron chi connectivity index (χ1n) is 10.5. The Morgan fingerprint density at radius 3 is 2.33 bits per heavy atom. The number of carbonyl (C=O) groups excluding carboxylic acids is 2. The van der Waals surface area contributed by atoms with Gasteiger partial charge in [-0.15, -0.1) is 0 Å². The lowest BCUT2D eigenvalue weighted by atomic mass is 10.0. The first-order chi connectivity index (χ1) is 14.2. The van der Waals surface area contributed by atoms with Crippen LogP contribution in [0.5, 0.6) is 0 Å². The number of nitrogens with one attached hydrogen (secondary N) is 1. The van der Waals surface area contributed by atoms with Gasteiger partial charge in [-0.1, -0.05) is 57.6 Å². The van der Waals surface area contributed by atoms with Crippen LogP contribution in [-0.2, 0) is 10.0 Å². The van der Waals surface area contributed by atoms with Crippen molar-refractivity contribution < 1.29 is 23.1 Å². The van der Waals surface area contributed by atoms with Crippen LogP contribution in [0.1, 0.15) is 82.5 Å². The third kappa shape index (κ3) is 7.56. The Hall–Kier alpha value is -1.64. The van der Waals surface area contributed by atoms with Crippen LogP contribution < -0.4 is 5.32 Å².